The van der Waals surface area contributed by atoms with Crippen molar-refractivity contribution in [3.05, 3.63) is 71.0 Å². The van der Waals surface area contributed by atoms with Crippen molar-refractivity contribution < 1.29 is 22.4 Å². The lowest BCUT2D eigenvalue weighted by atomic mass is 10.1. The molecule has 0 aliphatic rings. The lowest BCUT2D eigenvalue weighted by molar-refractivity contribution is -0.138. The van der Waals surface area contributed by atoms with Crippen LogP contribution in [0.3, 0.4) is 0 Å². The van der Waals surface area contributed by atoms with Crippen molar-refractivity contribution in [2.45, 2.75) is 12.7 Å². The molecule has 2 aromatic rings. The first-order valence-corrected chi connectivity index (χ1v) is 6.07. The van der Waals surface area contributed by atoms with Gasteiger partial charge in [-0.2, -0.15) is 13.2 Å². The molecule has 0 aromatic heterocycles. The Hall–Kier alpha value is -2.37. The van der Waals surface area contributed by atoms with Gasteiger partial charge in [-0.25, -0.2) is 4.39 Å². The second-order valence-electron chi connectivity index (χ2n) is 4.35. The van der Waals surface area contributed by atoms with Crippen LogP contribution in [0.5, 0.6) is 0 Å². The van der Waals surface area contributed by atoms with Gasteiger partial charge in [-0.05, 0) is 29.8 Å². The molecule has 0 radical (unpaired) electrons. The monoisotopic (exact) mass is 297 g/mol. The molecule has 0 unspecified atom stereocenters. The fraction of sp³-hybridized carbons (Fsp3) is 0.133. The highest BCUT2D eigenvalue weighted by molar-refractivity contribution is 5.94. The van der Waals surface area contributed by atoms with E-state index in [0.717, 1.165) is 12.1 Å². The maximum absolute atomic E-state index is 13.0. The number of carbonyl (C=O) groups is 1. The van der Waals surface area contributed by atoms with Crippen molar-refractivity contribution in [2.24, 2.45) is 0 Å². The highest BCUT2D eigenvalue weighted by Crippen LogP contribution is 2.32. The lowest BCUT2D eigenvalue weighted by Crippen LogP contribution is -2.24. The molecule has 6 heteroatoms. The van der Waals surface area contributed by atoms with E-state index < -0.39 is 23.5 Å². The third kappa shape index (κ3) is 3.81. The summed E-state index contributed by atoms with van der Waals surface area (Å²) in [7, 11) is 0. The number of halogens is 4. The van der Waals surface area contributed by atoms with Crippen molar-refractivity contribution in [2.75, 3.05) is 0 Å². The normalized spacial score (nSPS) is 11.2. The smallest absolute Gasteiger partial charge is 0.348 e. The van der Waals surface area contributed by atoms with Crippen LogP contribution < -0.4 is 5.32 Å². The summed E-state index contributed by atoms with van der Waals surface area (Å²) in [5, 5.41) is 2.39. The van der Waals surface area contributed by atoms with E-state index in [2.05, 4.69) is 5.32 Å². The Morgan fingerprint density at radius 2 is 1.71 bits per heavy atom. The molecule has 0 saturated heterocycles. The lowest BCUT2D eigenvalue weighted by Gasteiger charge is -2.13. The molecule has 0 spiro atoms. The molecule has 1 amide bonds. The SMILES string of the molecule is O=C(NCc1ccc(F)cc1C(F)(F)F)c1ccccc1. The van der Waals surface area contributed by atoms with Crippen molar-refractivity contribution in [1.82, 2.24) is 5.32 Å². The molecular formula is C15H11F4NO. The number of rotatable bonds is 3. The van der Waals surface area contributed by atoms with Crippen LogP contribution in [0.2, 0.25) is 0 Å². The van der Waals surface area contributed by atoms with Gasteiger partial charge in [0.15, 0.2) is 0 Å². The van der Waals surface area contributed by atoms with Crippen LogP contribution in [-0.4, -0.2) is 5.91 Å². The summed E-state index contributed by atoms with van der Waals surface area (Å²) in [5.41, 5.74) is -0.933. The number of alkyl halides is 3. The molecular weight excluding hydrogens is 286 g/mol. The van der Waals surface area contributed by atoms with Crippen LogP contribution in [-0.2, 0) is 12.7 Å². The van der Waals surface area contributed by atoms with Gasteiger partial charge in [-0.1, -0.05) is 24.3 Å². The minimum Gasteiger partial charge on any atom is -0.348 e. The van der Waals surface area contributed by atoms with Gasteiger partial charge in [0, 0.05) is 12.1 Å². The molecule has 0 bridgehead atoms. The number of hydrogen-bond acceptors (Lipinski definition) is 1. The fourth-order valence-electron chi connectivity index (χ4n) is 1.83. The van der Waals surface area contributed by atoms with Gasteiger partial charge in [-0.3, -0.25) is 4.79 Å². The van der Waals surface area contributed by atoms with E-state index in [-0.39, 0.29) is 12.1 Å². The van der Waals surface area contributed by atoms with Gasteiger partial charge in [0.2, 0.25) is 0 Å². The summed E-state index contributed by atoms with van der Waals surface area (Å²) in [5.74, 6) is -1.46. The standard InChI is InChI=1S/C15H11F4NO/c16-12-7-6-11(13(8-12)15(17,18)19)9-20-14(21)10-4-2-1-3-5-10/h1-8H,9H2,(H,20,21). The first kappa shape index (κ1) is 15.0. The topological polar surface area (TPSA) is 29.1 Å². The average Bonchev–Trinajstić information content (AvgIpc) is 2.45. The Morgan fingerprint density at radius 1 is 1.05 bits per heavy atom. The number of hydrogen-bond donors (Lipinski definition) is 1. The molecule has 0 atom stereocenters. The maximum atomic E-state index is 13.0. The van der Waals surface area contributed by atoms with E-state index in [1.54, 1.807) is 30.3 Å². The van der Waals surface area contributed by atoms with Crippen molar-refractivity contribution in [3.8, 4) is 0 Å². The van der Waals surface area contributed by atoms with Crippen LogP contribution in [0, 0.1) is 5.82 Å². The molecule has 110 valence electrons. The van der Waals surface area contributed by atoms with Crippen LogP contribution in [0.1, 0.15) is 21.5 Å². The van der Waals surface area contributed by atoms with E-state index in [1.807, 2.05) is 0 Å². The second kappa shape index (κ2) is 5.95. The Bertz CT molecular complexity index is 638. The van der Waals surface area contributed by atoms with Gasteiger partial charge in [0.25, 0.3) is 5.91 Å². The zero-order valence-electron chi connectivity index (χ0n) is 10.7. The summed E-state index contributed by atoms with van der Waals surface area (Å²) in [6, 6.07) is 10.5. The first-order valence-electron chi connectivity index (χ1n) is 6.07. The highest BCUT2D eigenvalue weighted by atomic mass is 19.4. The number of nitrogens with one attached hydrogen (secondary N) is 1. The molecule has 21 heavy (non-hydrogen) atoms. The largest absolute Gasteiger partial charge is 0.416 e. The molecule has 0 heterocycles. The maximum Gasteiger partial charge on any atom is 0.416 e. The molecule has 0 aliphatic carbocycles. The summed E-state index contributed by atoms with van der Waals surface area (Å²) in [6.45, 7) is -0.331. The molecule has 0 aliphatic heterocycles. The van der Waals surface area contributed by atoms with E-state index in [4.69, 9.17) is 0 Å². The minimum atomic E-state index is -4.67. The van der Waals surface area contributed by atoms with Crippen LogP contribution in [0.25, 0.3) is 0 Å². The molecule has 0 fully saturated rings. The Labute approximate surface area is 118 Å². The summed E-state index contributed by atoms with van der Waals surface area (Å²) in [6.07, 6.45) is -4.67. The number of carbonyl (C=O) groups excluding carboxylic acids is 1. The third-order valence-electron chi connectivity index (χ3n) is 2.85. The quantitative estimate of drug-likeness (QED) is 0.858. The van der Waals surface area contributed by atoms with E-state index in [1.165, 1.54) is 0 Å². The van der Waals surface area contributed by atoms with Gasteiger partial charge in [0.1, 0.15) is 5.82 Å². The fourth-order valence-corrected chi connectivity index (χ4v) is 1.83. The Balaban J connectivity index is 2.16. The summed E-state index contributed by atoms with van der Waals surface area (Å²) in [4.78, 5) is 11.8. The van der Waals surface area contributed by atoms with Gasteiger partial charge >= 0.3 is 6.18 Å². The summed E-state index contributed by atoms with van der Waals surface area (Å²) < 4.78 is 51.3. The van der Waals surface area contributed by atoms with Crippen molar-refractivity contribution in [3.63, 3.8) is 0 Å². The second-order valence-corrected chi connectivity index (χ2v) is 4.35. The minimum absolute atomic E-state index is 0.187. The van der Waals surface area contributed by atoms with Gasteiger partial charge in [0.05, 0.1) is 5.56 Å². The zero-order valence-corrected chi connectivity index (χ0v) is 10.7. The van der Waals surface area contributed by atoms with E-state index in [0.29, 0.717) is 11.6 Å². The van der Waals surface area contributed by atoms with Crippen molar-refractivity contribution in [1.29, 1.82) is 0 Å². The number of amides is 1. The molecule has 2 rings (SSSR count). The van der Waals surface area contributed by atoms with Gasteiger partial charge in [-0.15, -0.1) is 0 Å². The number of benzene rings is 2. The molecule has 0 saturated carbocycles. The summed E-state index contributed by atoms with van der Waals surface area (Å²) >= 11 is 0. The Morgan fingerprint density at radius 3 is 2.33 bits per heavy atom. The predicted octanol–water partition coefficient (Wildman–Crippen LogP) is 3.77. The first-order chi connectivity index (χ1) is 9.88. The van der Waals surface area contributed by atoms with Crippen LogP contribution in [0.4, 0.5) is 17.6 Å². The average molecular weight is 297 g/mol. The van der Waals surface area contributed by atoms with Gasteiger partial charge < -0.3 is 5.32 Å². The molecule has 2 nitrogen and oxygen atoms in total. The van der Waals surface area contributed by atoms with Crippen LogP contribution >= 0.6 is 0 Å². The Kier molecular flexibility index (Phi) is 4.26. The molecule has 1 N–H and O–H groups in total. The highest BCUT2D eigenvalue weighted by Gasteiger charge is 2.33. The van der Waals surface area contributed by atoms with E-state index in [9.17, 15) is 22.4 Å². The predicted molar refractivity (Wildman–Crippen MR) is 69.0 cm³/mol. The van der Waals surface area contributed by atoms with E-state index >= 15 is 0 Å². The van der Waals surface area contributed by atoms with Crippen LogP contribution in [0.15, 0.2) is 48.5 Å². The van der Waals surface area contributed by atoms with Crippen molar-refractivity contribution >= 4 is 5.91 Å². The molecule has 2 aromatic carbocycles. The zero-order chi connectivity index (χ0) is 15.5. The third-order valence-corrected chi connectivity index (χ3v) is 2.85.